The van der Waals surface area contributed by atoms with Gasteiger partial charge in [0.05, 0.1) is 0 Å². The van der Waals surface area contributed by atoms with Gasteiger partial charge in [-0.1, -0.05) is 115 Å². The monoisotopic (exact) mass is 448 g/mol. The fourth-order valence-corrected chi connectivity index (χ4v) is 5.52. The molecule has 1 aromatic carbocycles. The van der Waals surface area contributed by atoms with Crippen LogP contribution in [0, 0.1) is 13.8 Å². The van der Waals surface area contributed by atoms with Gasteiger partial charge in [0.1, 0.15) is 5.75 Å². The Labute approximate surface area is 195 Å². The van der Waals surface area contributed by atoms with Crippen molar-refractivity contribution in [3.63, 3.8) is 0 Å². The van der Waals surface area contributed by atoms with E-state index in [-0.39, 0.29) is 0 Å². The smallest absolute Gasteiger partial charge is 0.392 e. The molecule has 180 valence electrons. The van der Waals surface area contributed by atoms with E-state index in [1.807, 2.05) is 0 Å². The lowest BCUT2D eigenvalue weighted by Crippen LogP contribution is -2.38. The molecule has 0 saturated heterocycles. The van der Waals surface area contributed by atoms with Gasteiger partial charge in [-0.05, 0) is 50.6 Å². The lowest BCUT2D eigenvalue weighted by atomic mass is 10.0. The van der Waals surface area contributed by atoms with E-state index >= 15 is 0 Å². The summed E-state index contributed by atoms with van der Waals surface area (Å²) in [6.07, 6.45) is 22.4. The van der Waals surface area contributed by atoms with Crippen LogP contribution in [-0.2, 0) is 4.43 Å². The van der Waals surface area contributed by atoms with Crippen LogP contribution in [0.1, 0.15) is 121 Å². The van der Waals surface area contributed by atoms with Crippen molar-refractivity contribution in [1.82, 2.24) is 0 Å². The molecule has 1 rings (SSSR count). The molecule has 1 aromatic rings. The summed E-state index contributed by atoms with van der Waals surface area (Å²) in [5.74, 6) is 0.989. The summed E-state index contributed by atoms with van der Waals surface area (Å²) in [4.78, 5) is 0. The highest BCUT2D eigenvalue weighted by molar-refractivity contribution is 6.65. The predicted molar refractivity (Wildman–Crippen MR) is 140 cm³/mol. The van der Waals surface area contributed by atoms with Crippen LogP contribution in [-0.4, -0.2) is 15.2 Å². The van der Waals surface area contributed by atoms with Gasteiger partial charge in [-0.2, -0.15) is 0 Å². The lowest BCUT2D eigenvalue weighted by Gasteiger charge is -2.25. The molecule has 0 fully saturated rings. The van der Waals surface area contributed by atoms with Gasteiger partial charge in [-0.3, -0.25) is 0 Å². The molecule has 0 atom stereocenters. The van der Waals surface area contributed by atoms with Gasteiger partial charge < -0.3 is 8.85 Å². The van der Waals surface area contributed by atoms with E-state index in [0.29, 0.717) is 0 Å². The van der Waals surface area contributed by atoms with Crippen molar-refractivity contribution in [2.24, 2.45) is 0 Å². The summed E-state index contributed by atoms with van der Waals surface area (Å²) in [7, 11) is -2.11. The molecule has 0 amide bonds. The van der Waals surface area contributed by atoms with Crippen LogP contribution in [0.15, 0.2) is 18.2 Å². The Kier molecular flexibility index (Phi) is 16.1. The summed E-state index contributed by atoms with van der Waals surface area (Å²) in [5, 5.41) is 0. The second-order valence-electron chi connectivity index (χ2n) is 9.92. The van der Waals surface area contributed by atoms with Gasteiger partial charge in [0.2, 0.25) is 0 Å². The fraction of sp³-hybridized carbons (Fsp3) is 0.786. The average Bonchev–Trinajstić information content (AvgIpc) is 2.72. The highest BCUT2D eigenvalue weighted by Gasteiger charge is 2.27. The van der Waals surface area contributed by atoms with Gasteiger partial charge in [0.15, 0.2) is 0 Å². The molecule has 0 saturated carbocycles. The Bertz CT molecular complexity index is 556. The molecule has 0 spiro atoms. The van der Waals surface area contributed by atoms with Crippen molar-refractivity contribution >= 4 is 8.56 Å². The first-order chi connectivity index (χ1) is 14.9. The molecule has 0 bridgehead atoms. The standard InChI is InChI=1S/C28H52O2Si/c1-6-7-8-9-10-11-12-13-14-15-16-17-18-19-20-21-24-29-31(4,5)30-28-25-26(2)22-23-27(28)3/h22-23,25H,6-21,24H2,1-5H3. The number of benzene rings is 1. The van der Waals surface area contributed by atoms with Crippen LogP contribution in [0.3, 0.4) is 0 Å². The molecule has 0 aromatic heterocycles. The maximum absolute atomic E-state index is 6.26. The zero-order chi connectivity index (χ0) is 22.8. The van der Waals surface area contributed by atoms with Gasteiger partial charge >= 0.3 is 8.56 Å². The number of rotatable bonds is 20. The van der Waals surface area contributed by atoms with Crippen LogP contribution in [0.4, 0.5) is 0 Å². The zero-order valence-corrected chi connectivity index (χ0v) is 22.6. The molecule has 0 aliphatic heterocycles. The number of hydrogen-bond acceptors (Lipinski definition) is 2. The van der Waals surface area contributed by atoms with Crippen LogP contribution >= 0.6 is 0 Å². The Morgan fingerprint density at radius 1 is 0.645 bits per heavy atom. The third-order valence-electron chi connectivity index (χ3n) is 6.15. The average molecular weight is 449 g/mol. The van der Waals surface area contributed by atoms with Crippen molar-refractivity contribution in [2.75, 3.05) is 6.61 Å². The van der Waals surface area contributed by atoms with Gasteiger partial charge in [-0.25, -0.2) is 0 Å². The van der Waals surface area contributed by atoms with Crippen molar-refractivity contribution in [3.8, 4) is 5.75 Å². The number of unbranched alkanes of at least 4 members (excludes halogenated alkanes) is 15. The lowest BCUT2D eigenvalue weighted by molar-refractivity contribution is 0.240. The predicted octanol–water partition coefficient (Wildman–Crippen LogP) is 9.66. The summed E-state index contributed by atoms with van der Waals surface area (Å²) < 4.78 is 12.4. The minimum atomic E-state index is -2.11. The fourth-order valence-electron chi connectivity index (χ4n) is 4.08. The van der Waals surface area contributed by atoms with E-state index in [4.69, 9.17) is 8.85 Å². The highest BCUT2D eigenvalue weighted by Crippen LogP contribution is 2.23. The summed E-state index contributed by atoms with van der Waals surface area (Å²) in [6, 6.07) is 6.39. The Balaban J connectivity index is 1.90. The third-order valence-corrected chi connectivity index (χ3v) is 7.76. The summed E-state index contributed by atoms with van der Waals surface area (Å²) in [6.45, 7) is 11.7. The van der Waals surface area contributed by atoms with E-state index in [1.54, 1.807) is 0 Å². The highest BCUT2D eigenvalue weighted by atomic mass is 28.4. The van der Waals surface area contributed by atoms with Crippen LogP contribution in [0.5, 0.6) is 5.75 Å². The maximum Gasteiger partial charge on any atom is 0.392 e. The van der Waals surface area contributed by atoms with E-state index in [0.717, 1.165) is 18.8 Å². The largest absolute Gasteiger partial charge is 0.520 e. The quantitative estimate of drug-likeness (QED) is 0.146. The molecule has 31 heavy (non-hydrogen) atoms. The van der Waals surface area contributed by atoms with Gasteiger partial charge in [0, 0.05) is 6.61 Å². The molecular weight excluding hydrogens is 396 g/mol. The molecule has 2 nitrogen and oxygen atoms in total. The van der Waals surface area contributed by atoms with Crippen molar-refractivity contribution in [3.05, 3.63) is 29.3 Å². The van der Waals surface area contributed by atoms with Crippen molar-refractivity contribution in [1.29, 1.82) is 0 Å². The van der Waals surface area contributed by atoms with Crippen molar-refractivity contribution in [2.45, 2.75) is 137 Å². The summed E-state index contributed by atoms with van der Waals surface area (Å²) >= 11 is 0. The molecule has 0 radical (unpaired) electrons. The number of hydrogen-bond donors (Lipinski definition) is 0. The minimum absolute atomic E-state index is 0.836. The normalized spacial score (nSPS) is 11.8. The van der Waals surface area contributed by atoms with E-state index in [2.05, 4.69) is 52.1 Å². The molecule has 3 heteroatoms. The minimum Gasteiger partial charge on any atom is -0.520 e. The van der Waals surface area contributed by atoms with Crippen LogP contribution in [0.25, 0.3) is 0 Å². The first kappa shape index (κ1) is 28.2. The topological polar surface area (TPSA) is 18.5 Å². The molecule has 0 aliphatic carbocycles. The summed E-state index contributed by atoms with van der Waals surface area (Å²) in [5.41, 5.74) is 2.43. The molecule has 0 unspecified atom stereocenters. The third kappa shape index (κ3) is 15.6. The second kappa shape index (κ2) is 17.7. The van der Waals surface area contributed by atoms with E-state index in [9.17, 15) is 0 Å². The molecule has 0 heterocycles. The molecule has 0 N–H and O–H groups in total. The number of aryl methyl sites for hydroxylation is 2. The second-order valence-corrected chi connectivity index (χ2v) is 13.2. The van der Waals surface area contributed by atoms with Gasteiger partial charge in [-0.15, -0.1) is 0 Å². The van der Waals surface area contributed by atoms with Crippen molar-refractivity contribution < 1.29 is 8.85 Å². The zero-order valence-electron chi connectivity index (χ0n) is 21.6. The van der Waals surface area contributed by atoms with Crippen LogP contribution < -0.4 is 4.43 Å². The first-order valence-electron chi connectivity index (χ1n) is 13.3. The SMILES string of the molecule is CCCCCCCCCCCCCCCCCCO[Si](C)(C)Oc1cc(C)ccc1C. The maximum atomic E-state index is 6.26. The van der Waals surface area contributed by atoms with E-state index < -0.39 is 8.56 Å². The Hall–Kier alpha value is -0.803. The van der Waals surface area contributed by atoms with Gasteiger partial charge in [0.25, 0.3) is 0 Å². The Morgan fingerprint density at radius 3 is 1.58 bits per heavy atom. The first-order valence-corrected chi connectivity index (χ1v) is 16.2. The Morgan fingerprint density at radius 2 is 1.10 bits per heavy atom. The molecular formula is C28H52O2Si. The van der Waals surface area contributed by atoms with Crippen LogP contribution in [0.2, 0.25) is 13.1 Å². The molecule has 0 aliphatic rings. The van der Waals surface area contributed by atoms with E-state index in [1.165, 1.54) is 107 Å².